The summed E-state index contributed by atoms with van der Waals surface area (Å²) in [6.07, 6.45) is -1.17. The number of hydroxylamine groups is 1. The van der Waals surface area contributed by atoms with Crippen LogP contribution in [0, 0.1) is 11.8 Å². The van der Waals surface area contributed by atoms with Gasteiger partial charge in [0.1, 0.15) is 18.4 Å². The van der Waals surface area contributed by atoms with Gasteiger partial charge in [-0.25, -0.2) is 5.48 Å². The van der Waals surface area contributed by atoms with Gasteiger partial charge in [-0.1, -0.05) is 30.0 Å². The molecule has 0 bridgehead atoms. The smallest absolute Gasteiger partial charge is 0.268 e. The Balaban J connectivity index is 1.91. The van der Waals surface area contributed by atoms with Crippen molar-refractivity contribution in [3.05, 3.63) is 65.7 Å². The van der Waals surface area contributed by atoms with Crippen LogP contribution in [0.25, 0.3) is 0 Å². The summed E-state index contributed by atoms with van der Waals surface area (Å²) in [5, 5.41) is 20.5. The highest BCUT2D eigenvalue weighted by Gasteiger charge is 2.25. The lowest BCUT2D eigenvalue weighted by Gasteiger charge is -2.19. The van der Waals surface area contributed by atoms with E-state index >= 15 is 0 Å². The molecule has 0 radical (unpaired) electrons. The van der Waals surface area contributed by atoms with Crippen molar-refractivity contribution in [1.82, 2.24) is 10.8 Å². The molecule has 2 aromatic rings. The van der Waals surface area contributed by atoms with Gasteiger partial charge in [-0.2, -0.15) is 0 Å². The fourth-order valence-corrected chi connectivity index (χ4v) is 2.18. The Bertz CT molecular complexity index is 823. The minimum atomic E-state index is -1.27. The minimum absolute atomic E-state index is 0.196. The average molecular weight is 368 g/mol. The molecule has 0 saturated carbocycles. The van der Waals surface area contributed by atoms with Crippen molar-refractivity contribution >= 4 is 11.8 Å². The normalized spacial score (nSPS) is 12.1. The highest BCUT2D eigenvalue weighted by Crippen LogP contribution is 2.12. The van der Waals surface area contributed by atoms with E-state index in [1.807, 2.05) is 30.3 Å². The van der Waals surface area contributed by atoms with Crippen molar-refractivity contribution in [3.8, 4) is 17.6 Å². The van der Waals surface area contributed by atoms with Crippen molar-refractivity contribution in [1.29, 1.82) is 0 Å². The quantitative estimate of drug-likeness (QED) is 0.347. The van der Waals surface area contributed by atoms with Gasteiger partial charge < -0.3 is 15.2 Å². The SMILES string of the molecule is C[C@@H](O)[C@H](NC(=O)c1ccc(OCC#Cc2ccccc2)cc1)C(=O)NO. The van der Waals surface area contributed by atoms with E-state index in [1.165, 1.54) is 24.5 Å². The predicted octanol–water partition coefficient (Wildman–Crippen LogP) is 1.10. The molecule has 2 atom stereocenters. The molecule has 27 heavy (non-hydrogen) atoms. The molecule has 2 amide bonds. The van der Waals surface area contributed by atoms with E-state index in [1.54, 1.807) is 12.1 Å². The second-order valence-corrected chi connectivity index (χ2v) is 5.65. The fraction of sp³-hybridized carbons (Fsp3) is 0.200. The largest absolute Gasteiger partial charge is 0.481 e. The minimum Gasteiger partial charge on any atom is -0.481 e. The van der Waals surface area contributed by atoms with Gasteiger partial charge in [0, 0.05) is 11.1 Å². The molecule has 0 unspecified atom stereocenters. The first kappa shape index (κ1) is 20.0. The summed E-state index contributed by atoms with van der Waals surface area (Å²) in [4.78, 5) is 23.6. The van der Waals surface area contributed by atoms with E-state index < -0.39 is 24.0 Å². The number of hydrogen-bond acceptors (Lipinski definition) is 5. The first-order valence-electron chi connectivity index (χ1n) is 8.21. The average Bonchev–Trinajstić information content (AvgIpc) is 2.69. The monoisotopic (exact) mass is 368 g/mol. The molecule has 7 heteroatoms. The van der Waals surface area contributed by atoms with Crippen molar-refractivity contribution in [2.24, 2.45) is 0 Å². The Kier molecular flexibility index (Phi) is 7.37. The lowest BCUT2D eigenvalue weighted by atomic mass is 10.1. The van der Waals surface area contributed by atoms with Crippen molar-refractivity contribution in [3.63, 3.8) is 0 Å². The maximum Gasteiger partial charge on any atom is 0.268 e. The zero-order chi connectivity index (χ0) is 19.6. The number of hydrogen-bond donors (Lipinski definition) is 4. The Morgan fingerprint density at radius 3 is 2.37 bits per heavy atom. The molecule has 140 valence electrons. The zero-order valence-electron chi connectivity index (χ0n) is 14.7. The highest BCUT2D eigenvalue weighted by molar-refractivity contribution is 5.97. The van der Waals surface area contributed by atoms with Crippen LogP contribution in [0.1, 0.15) is 22.8 Å². The Morgan fingerprint density at radius 2 is 1.78 bits per heavy atom. The number of carbonyl (C=O) groups is 2. The molecule has 0 spiro atoms. The first-order valence-corrected chi connectivity index (χ1v) is 8.21. The maximum absolute atomic E-state index is 12.2. The lowest BCUT2D eigenvalue weighted by molar-refractivity contribution is -0.133. The molecule has 0 heterocycles. The second-order valence-electron chi connectivity index (χ2n) is 5.65. The maximum atomic E-state index is 12.2. The van der Waals surface area contributed by atoms with Gasteiger partial charge in [0.05, 0.1) is 6.10 Å². The zero-order valence-corrected chi connectivity index (χ0v) is 14.7. The molecule has 7 nitrogen and oxygen atoms in total. The van der Waals surface area contributed by atoms with Crippen LogP contribution >= 0.6 is 0 Å². The Morgan fingerprint density at radius 1 is 1.11 bits per heavy atom. The summed E-state index contributed by atoms with van der Waals surface area (Å²) in [5.41, 5.74) is 2.57. The Hall–Kier alpha value is -3.34. The molecular weight excluding hydrogens is 348 g/mol. The Labute approximate surface area is 156 Å². The molecule has 0 aliphatic heterocycles. The van der Waals surface area contributed by atoms with E-state index in [-0.39, 0.29) is 12.2 Å². The van der Waals surface area contributed by atoms with Crippen LogP contribution in [0.15, 0.2) is 54.6 Å². The topological polar surface area (TPSA) is 108 Å². The standard InChI is InChI=1S/C20H20N2O5/c1-14(23)18(20(25)22-26)21-19(24)16-9-11-17(12-10-16)27-13-5-8-15-6-3-2-4-7-15/h2-4,6-7,9-12,14,18,23,26H,13H2,1H3,(H,21,24)(H,22,25)/t14-,18+/m1/s1. The molecule has 0 saturated heterocycles. The summed E-state index contributed by atoms with van der Waals surface area (Å²) in [7, 11) is 0. The number of rotatable bonds is 6. The number of benzene rings is 2. The van der Waals surface area contributed by atoms with Gasteiger partial charge in [-0.3, -0.25) is 14.8 Å². The number of nitrogens with one attached hydrogen (secondary N) is 2. The van der Waals surface area contributed by atoms with Crippen LogP contribution in [-0.2, 0) is 4.79 Å². The van der Waals surface area contributed by atoms with Gasteiger partial charge in [0.25, 0.3) is 11.8 Å². The number of ether oxygens (including phenoxy) is 1. The van der Waals surface area contributed by atoms with Crippen LogP contribution in [0.3, 0.4) is 0 Å². The summed E-state index contributed by atoms with van der Waals surface area (Å²) >= 11 is 0. The summed E-state index contributed by atoms with van der Waals surface area (Å²) in [5.74, 6) is 4.93. The number of amides is 2. The third-order valence-electron chi connectivity index (χ3n) is 3.60. The van der Waals surface area contributed by atoms with Gasteiger partial charge in [-0.15, -0.1) is 0 Å². The molecule has 2 aromatic carbocycles. The summed E-state index contributed by atoms with van der Waals surface area (Å²) in [6.45, 7) is 1.52. The van der Waals surface area contributed by atoms with Crippen LogP contribution in [0.5, 0.6) is 5.75 Å². The van der Waals surface area contributed by atoms with Crippen molar-refractivity contribution < 1.29 is 24.6 Å². The second kappa shape index (κ2) is 9.97. The van der Waals surface area contributed by atoms with Gasteiger partial charge >= 0.3 is 0 Å². The van der Waals surface area contributed by atoms with E-state index in [0.29, 0.717) is 5.75 Å². The van der Waals surface area contributed by atoms with Gasteiger partial charge in [0.2, 0.25) is 0 Å². The molecular formula is C20H20N2O5. The molecule has 0 aromatic heterocycles. The van der Waals surface area contributed by atoms with Crippen molar-refractivity contribution in [2.75, 3.05) is 6.61 Å². The third-order valence-corrected chi connectivity index (χ3v) is 3.60. The molecule has 4 N–H and O–H groups in total. The van der Waals surface area contributed by atoms with Crippen LogP contribution in [-0.4, -0.2) is 40.9 Å². The van der Waals surface area contributed by atoms with Crippen LogP contribution in [0.2, 0.25) is 0 Å². The molecule has 0 aliphatic carbocycles. The third kappa shape index (κ3) is 6.15. The highest BCUT2D eigenvalue weighted by atomic mass is 16.5. The number of carbonyl (C=O) groups excluding carboxylic acids is 2. The number of aliphatic hydroxyl groups is 1. The lowest BCUT2D eigenvalue weighted by Crippen LogP contribution is -2.51. The first-order chi connectivity index (χ1) is 13.0. The predicted molar refractivity (Wildman–Crippen MR) is 98.1 cm³/mol. The summed E-state index contributed by atoms with van der Waals surface area (Å²) in [6, 6.07) is 14.5. The van der Waals surface area contributed by atoms with E-state index in [2.05, 4.69) is 17.2 Å². The fourth-order valence-electron chi connectivity index (χ4n) is 2.18. The van der Waals surface area contributed by atoms with E-state index in [0.717, 1.165) is 5.56 Å². The van der Waals surface area contributed by atoms with E-state index in [4.69, 9.17) is 9.94 Å². The molecule has 0 fully saturated rings. The number of aliphatic hydroxyl groups excluding tert-OH is 1. The summed E-state index contributed by atoms with van der Waals surface area (Å²) < 4.78 is 5.49. The van der Waals surface area contributed by atoms with Gasteiger partial charge in [-0.05, 0) is 43.3 Å². The van der Waals surface area contributed by atoms with Crippen molar-refractivity contribution in [2.45, 2.75) is 19.1 Å². The van der Waals surface area contributed by atoms with Crippen LogP contribution in [0.4, 0.5) is 0 Å². The van der Waals surface area contributed by atoms with Gasteiger partial charge in [0.15, 0.2) is 0 Å². The molecule has 2 rings (SSSR count). The molecule has 0 aliphatic rings. The van der Waals surface area contributed by atoms with Crippen LogP contribution < -0.4 is 15.5 Å². The van der Waals surface area contributed by atoms with E-state index in [9.17, 15) is 14.7 Å².